The molecule has 1 heterocycles. The van der Waals surface area contributed by atoms with Crippen LogP contribution in [0.25, 0.3) is 0 Å². The second kappa shape index (κ2) is 7.00. The van der Waals surface area contributed by atoms with Gasteiger partial charge in [-0.25, -0.2) is 13.1 Å². The number of nitrogens with one attached hydrogen (secondary N) is 1. The van der Waals surface area contributed by atoms with Crippen LogP contribution in [0, 0.1) is 0 Å². The van der Waals surface area contributed by atoms with Gasteiger partial charge in [-0.1, -0.05) is 12.8 Å². The zero-order valence-electron chi connectivity index (χ0n) is 11.7. The van der Waals surface area contributed by atoms with Gasteiger partial charge in [0.15, 0.2) is 0 Å². The molecule has 114 valence electrons. The summed E-state index contributed by atoms with van der Waals surface area (Å²) in [6.07, 6.45) is 4.97. The fourth-order valence-electron chi connectivity index (χ4n) is 2.65. The first kappa shape index (κ1) is 15.9. The molecule has 1 aromatic heterocycles. The lowest BCUT2D eigenvalue weighted by molar-refractivity contribution is 0.250. The van der Waals surface area contributed by atoms with E-state index in [0.29, 0.717) is 24.0 Å². The van der Waals surface area contributed by atoms with E-state index < -0.39 is 10.0 Å². The van der Waals surface area contributed by atoms with Gasteiger partial charge in [0.2, 0.25) is 10.0 Å². The van der Waals surface area contributed by atoms with Gasteiger partial charge in [0.1, 0.15) is 0 Å². The Morgan fingerprint density at radius 1 is 1.45 bits per heavy atom. The lowest BCUT2D eigenvalue weighted by atomic mass is 10.2. The standard InChI is InChI=1S/C13H22N2O3S2/c1-15(11-4-2-3-5-11)8-7-14-20(17,18)13-6-9-19-12(13)10-16/h6,9,11,14,16H,2-5,7-8,10H2,1H3. The molecule has 0 radical (unpaired) electrons. The monoisotopic (exact) mass is 318 g/mol. The van der Waals surface area contributed by atoms with Crippen LogP contribution in [0.4, 0.5) is 0 Å². The van der Waals surface area contributed by atoms with E-state index >= 15 is 0 Å². The van der Waals surface area contributed by atoms with Crippen molar-refractivity contribution in [2.45, 2.75) is 43.2 Å². The molecule has 20 heavy (non-hydrogen) atoms. The van der Waals surface area contributed by atoms with Crippen LogP contribution in [0.15, 0.2) is 16.3 Å². The van der Waals surface area contributed by atoms with Gasteiger partial charge in [0, 0.05) is 24.0 Å². The second-order valence-corrected chi connectivity index (χ2v) is 7.92. The number of nitrogens with zero attached hydrogens (tertiary/aromatic N) is 1. The van der Waals surface area contributed by atoms with E-state index in [1.165, 1.54) is 37.0 Å². The molecular formula is C13H22N2O3S2. The van der Waals surface area contributed by atoms with Crippen LogP contribution >= 0.6 is 11.3 Å². The molecule has 0 bridgehead atoms. The zero-order valence-corrected chi connectivity index (χ0v) is 13.3. The van der Waals surface area contributed by atoms with Crippen LogP contribution in [0.2, 0.25) is 0 Å². The molecule has 5 nitrogen and oxygen atoms in total. The van der Waals surface area contributed by atoms with Gasteiger partial charge < -0.3 is 10.0 Å². The molecule has 7 heteroatoms. The normalized spacial score (nSPS) is 17.1. The molecular weight excluding hydrogens is 296 g/mol. The number of thiophene rings is 1. The highest BCUT2D eigenvalue weighted by atomic mass is 32.2. The molecule has 0 aliphatic heterocycles. The van der Waals surface area contributed by atoms with E-state index in [4.69, 9.17) is 5.11 Å². The van der Waals surface area contributed by atoms with Gasteiger partial charge >= 0.3 is 0 Å². The molecule has 1 aromatic rings. The van der Waals surface area contributed by atoms with E-state index in [1.807, 2.05) is 7.05 Å². The minimum absolute atomic E-state index is 0.202. The van der Waals surface area contributed by atoms with Gasteiger partial charge in [0.25, 0.3) is 0 Å². The highest BCUT2D eigenvalue weighted by Crippen LogP contribution is 2.23. The van der Waals surface area contributed by atoms with Crippen molar-refractivity contribution in [1.29, 1.82) is 0 Å². The predicted molar refractivity (Wildman–Crippen MR) is 80.3 cm³/mol. The van der Waals surface area contributed by atoms with Crippen molar-refractivity contribution in [2.24, 2.45) is 0 Å². The summed E-state index contributed by atoms with van der Waals surface area (Å²) in [5, 5.41) is 10.8. The van der Waals surface area contributed by atoms with Gasteiger partial charge in [-0.2, -0.15) is 0 Å². The first-order chi connectivity index (χ1) is 9.54. The van der Waals surface area contributed by atoms with E-state index in [1.54, 1.807) is 11.4 Å². The summed E-state index contributed by atoms with van der Waals surface area (Å²) in [6.45, 7) is 0.869. The summed E-state index contributed by atoms with van der Waals surface area (Å²) in [7, 11) is -1.46. The fraction of sp³-hybridized carbons (Fsp3) is 0.692. The molecule has 0 aromatic carbocycles. The SMILES string of the molecule is CN(CCNS(=O)(=O)c1ccsc1CO)C1CCCC1. The Labute approximate surface area is 124 Å². The fourth-order valence-corrected chi connectivity index (χ4v) is 4.96. The summed E-state index contributed by atoms with van der Waals surface area (Å²) < 4.78 is 26.9. The number of hydrogen-bond acceptors (Lipinski definition) is 5. The predicted octanol–water partition coefficient (Wildman–Crippen LogP) is 1.39. The third kappa shape index (κ3) is 3.79. The van der Waals surface area contributed by atoms with Crippen LogP contribution in [0.5, 0.6) is 0 Å². The molecule has 1 fully saturated rings. The van der Waals surface area contributed by atoms with E-state index in [2.05, 4.69) is 9.62 Å². The highest BCUT2D eigenvalue weighted by Gasteiger charge is 2.21. The van der Waals surface area contributed by atoms with Crippen molar-refractivity contribution in [2.75, 3.05) is 20.1 Å². The molecule has 2 N–H and O–H groups in total. The first-order valence-corrected chi connectivity index (χ1v) is 9.28. The zero-order chi connectivity index (χ0) is 14.6. The Bertz CT molecular complexity index is 521. The smallest absolute Gasteiger partial charge is 0.241 e. The Hall–Kier alpha value is -0.470. The Kier molecular flexibility index (Phi) is 5.57. The first-order valence-electron chi connectivity index (χ1n) is 6.91. The number of aliphatic hydroxyl groups is 1. The minimum atomic E-state index is -3.51. The van der Waals surface area contributed by atoms with Crippen molar-refractivity contribution in [3.8, 4) is 0 Å². The van der Waals surface area contributed by atoms with E-state index in [0.717, 1.165) is 0 Å². The summed E-state index contributed by atoms with van der Waals surface area (Å²) in [4.78, 5) is 2.92. The van der Waals surface area contributed by atoms with Gasteiger partial charge in [-0.05, 0) is 31.3 Å². The molecule has 0 spiro atoms. The second-order valence-electron chi connectivity index (χ2n) is 5.18. The Morgan fingerprint density at radius 3 is 2.80 bits per heavy atom. The summed E-state index contributed by atoms with van der Waals surface area (Å²) >= 11 is 1.26. The Balaban J connectivity index is 1.86. The maximum Gasteiger partial charge on any atom is 0.241 e. The van der Waals surface area contributed by atoms with Crippen LogP contribution in [0.3, 0.4) is 0 Å². The lowest BCUT2D eigenvalue weighted by Crippen LogP contribution is -2.37. The third-order valence-electron chi connectivity index (χ3n) is 3.84. The maximum atomic E-state index is 12.1. The molecule has 0 amide bonds. The number of likely N-dealkylation sites (N-methyl/N-ethyl adjacent to an activating group) is 1. The number of aliphatic hydroxyl groups excluding tert-OH is 1. The van der Waals surface area contributed by atoms with Gasteiger partial charge in [-0.15, -0.1) is 11.3 Å². The molecule has 2 rings (SSSR count). The van der Waals surface area contributed by atoms with Crippen molar-refractivity contribution in [3.05, 3.63) is 16.3 Å². The summed E-state index contributed by atoms with van der Waals surface area (Å²) in [6, 6.07) is 2.13. The maximum absolute atomic E-state index is 12.1. The molecule has 1 aliphatic carbocycles. The number of rotatable bonds is 7. The third-order valence-corrected chi connectivity index (χ3v) is 6.42. The molecule has 0 saturated heterocycles. The van der Waals surface area contributed by atoms with Crippen LogP contribution in [-0.4, -0.2) is 44.6 Å². The van der Waals surface area contributed by atoms with Gasteiger partial charge in [-0.3, -0.25) is 0 Å². The number of sulfonamides is 1. The largest absolute Gasteiger partial charge is 0.391 e. The van der Waals surface area contributed by atoms with Gasteiger partial charge in [0.05, 0.1) is 11.5 Å². The average Bonchev–Trinajstić information content (AvgIpc) is 3.09. The minimum Gasteiger partial charge on any atom is -0.391 e. The van der Waals surface area contributed by atoms with E-state index in [9.17, 15) is 8.42 Å². The quantitative estimate of drug-likeness (QED) is 0.797. The van der Waals surface area contributed by atoms with Crippen molar-refractivity contribution in [3.63, 3.8) is 0 Å². The number of hydrogen-bond donors (Lipinski definition) is 2. The molecule has 1 aliphatic rings. The van der Waals surface area contributed by atoms with Crippen LogP contribution in [0.1, 0.15) is 30.6 Å². The lowest BCUT2D eigenvalue weighted by Gasteiger charge is -2.23. The molecule has 0 atom stereocenters. The van der Waals surface area contributed by atoms with E-state index in [-0.39, 0.29) is 11.5 Å². The average molecular weight is 318 g/mol. The summed E-state index contributed by atoms with van der Waals surface area (Å²) in [5.74, 6) is 0. The Morgan fingerprint density at radius 2 is 2.15 bits per heavy atom. The van der Waals surface area contributed by atoms with Crippen molar-refractivity contribution < 1.29 is 13.5 Å². The van der Waals surface area contributed by atoms with Crippen LogP contribution in [-0.2, 0) is 16.6 Å². The van der Waals surface area contributed by atoms with Crippen molar-refractivity contribution in [1.82, 2.24) is 9.62 Å². The highest BCUT2D eigenvalue weighted by molar-refractivity contribution is 7.89. The topological polar surface area (TPSA) is 69.6 Å². The van der Waals surface area contributed by atoms with Crippen molar-refractivity contribution >= 4 is 21.4 Å². The molecule has 0 unspecified atom stereocenters. The molecule has 1 saturated carbocycles. The summed E-state index contributed by atoms with van der Waals surface area (Å²) in [5.41, 5.74) is 0. The van der Waals surface area contributed by atoms with Crippen LogP contribution < -0.4 is 4.72 Å².